The Labute approximate surface area is 159 Å². The molecule has 0 aliphatic carbocycles. The maximum atomic E-state index is 10.3. The zero-order valence-corrected chi connectivity index (χ0v) is 17.3. The van der Waals surface area contributed by atoms with Crippen LogP contribution in [-0.4, -0.2) is 47.3 Å². The van der Waals surface area contributed by atoms with Crippen LogP contribution in [0.25, 0.3) is 0 Å². The third-order valence-corrected chi connectivity index (χ3v) is 6.86. The van der Waals surface area contributed by atoms with E-state index in [1.807, 2.05) is 0 Å². The number of carbonyl (C=O) groups is 2. The zero-order chi connectivity index (χ0) is 18.3. The number of methoxy groups -OCH3 is 2. The van der Waals surface area contributed by atoms with Crippen molar-refractivity contribution in [2.24, 2.45) is 0 Å². The fourth-order valence-electron chi connectivity index (χ4n) is 1.82. The first-order valence-corrected chi connectivity index (χ1v) is 11.8. The van der Waals surface area contributed by atoms with Crippen LogP contribution < -0.4 is 0 Å². The molecule has 2 aromatic rings. The van der Waals surface area contributed by atoms with E-state index in [-0.39, 0.29) is 21.1 Å². The van der Waals surface area contributed by atoms with Gasteiger partial charge in [0.1, 0.15) is 0 Å². The fourth-order valence-corrected chi connectivity index (χ4v) is 5.17. The normalized spacial score (nSPS) is 9.84. The minimum atomic E-state index is -0.578. The van der Waals surface area contributed by atoms with Crippen molar-refractivity contribution in [3.05, 3.63) is 83.9 Å². The molecular formula is C20H22O4Sn. The van der Waals surface area contributed by atoms with E-state index < -0.39 is 11.9 Å². The van der Waals surface area contributed by atoms with E-state index in [1.165, 1.54) is 34.2 Å². The molecule has 0 saturated carbocycles. The summed E-state index contributed by atoms with van der Waals surface area (Å²) in [6.45, 7) is 0. The number of hydrogen-bond acceptors (Lipinski definition) is 4. The Bertz CT molecular complexity index is 596. The van der Waals surface area contributed by atoms with Gasteiger partial charge in [0.15, 0.2) is 0 Å². The zero-order valence-electron chi connectivity index (χ0n) is 14.5. The van der Waals surface area contributed by atoms with Crippen molar-refractivity contribution in [2.45, 2.75) is 8.87 Å². The maximum absolute atomic E-state index is 10.3. The standard InChI is InChI=1S/2C7H7.C6H8O4.Sn/c2*1-7-5-3-2-4-6-7;1-9-5(7)3-4-6(8)10-2;/h2*2-6H,1H2;3-4H,1-2H3;/b;;4-3-;. The number of hydrogen-bond donors (Lipinski definition) is 0. The van der Waals surface area contributed by atoms with Crippen LogP contribution >= 0.6 is 0 Å². The molecular weight excluding hydrogens is 423 g/mol. The molecule has 0 unspecified atom stereocenters. The van der Waals surface area contributed by atoms with Gasteiger partial charge in [0, 0.05) is 12.2 Å². The van der Waals surface area contributed by atoms with Crippen LogP contribution in [0.5, 0.6) is 0 Å². The average molecular weight is 445 g/mol. The van der Waals surface area contributed by atoms with Gasteiger partial charge >= 0.3 is 114 Å². The second-order valence-electron chi connectivity index (χ2n) is 4.95. The molecule has 2 aromatic carbocycles. The van der Waals surface area contributed by atoms with Gasteiger partial charge in [-0.05, 0) is 0 Å². The van der Waals surface area contributed by atoms with Crippen molar-refractivity contribution in [3.63, 3.8) is 0 Å². The first-order valence-electron chi connectivity index (χ1n) is 7.78. The molecule has 2 radical (unpaired) electrons. The summed E-state index contributed by atoms with van der Waals surface area (Å²) in [6, 6.07) is 21.7. The van der Waals surface area contributed by atoms with E-state index in [0.717, 1.165) is 12.2 Å². The van der Waals surface area contributed by atoms with Gasteiger partial charge < -0.3 is 9.47 Å². The molecule has 0 amide bonds. The summed E-state index contributed by atoms with van der Waals surface area (Å²) in [4.78, 5) is 20.6. The third kappa shape index (κ3) is 10.4. The molecule has 5 heteroatoms. The molecule has 0 aliphatic heterocycles. The number of benzene rings is 2. The molecule has 0 heterocycles. The van der Waals surface area contributed by atoms with Crippen molar-refractivity contribution >= 4 is 33.1 Å². The second kappa shape index (κ2) is 13.2. The Balaban J connectivity index is 0.000000275. The summed E-state index contributed by atoms with van der Waals surface area (Å²) in [5, 5.41) is 0. The van der Waals surface area contributed by atoms with Crippen LogP contribution in [0.3, 0.4) is 0 Å². The second-order valence-corrected chi connectivity index (χ2v) is 8.40. The Kier molecular flexibility index (Phi) is 11.1. The van der Waals surface area contributed by atoms with E-state index in [2.05, 4.69) is 70.1 Å². The average Bonchev–Trinajstić information content (AvgIpc) is 2.68. The molecule has 0 saturated heterocycles. The summed E-state index contributed by atoms with van der Waals surface area (Å²) in [5.41, 5.74) is 3.03. The molecule has 4 nitrogen and oxygen atoms in total. The first kappa shape index (κ1) is 21.0. The Morgan fingerprint density at radius 3 is 1.44 bits per heavy atom. The van der Waals surface area contributed by atoms with Gasteiger partial charge in [-0.1, -0.05) is 0 Å². The van der Waals surface area contributed by atoms with Gasteiger partial charge in [-0.2, -0.15) is 0 Å². The van der Waals surface area contributed by atoms with Crippen molar-refractivity contribution < 1.29 is 19.1 Å². The van der Waals surface area contributed by atoms with Crippen LogP contribution in [0, 0.1) is 0 Å². The van der Waals surface area contributed by atoms with Crippen LogP contribution in [0.1, 0.15) is 11.1 Å². The SMILES string of the molecule is COC(=O)/C=C\C(=O)OC.c1ccc([CH2][Sn][CH2]c2ccccc2)cc1. The quantitative estimate of drug-likeness (QED) is 0.390. The van der Waals surface area contributed by atoms with Gasteiger partial charge in [0.2, 0.25) is 0 Å². The Morgan fingerprint density at radius 1 is 0.760 bits per heavy atom. The van der Waals surface area contributed by atoms with Crippen molar-refractivity contribution in [1.29, 1.82) is 0 Å². The number of rotatable bonds is 6. The number of ether oxygens (including phenoxy) is 2. The van der Waals surface area contributed by atoms with Crippen LogP contribution in [0.15, 0.2) is 72.8 Å². The van der Waals surface area contributed by atoms with E-state index in [1.54, 1.807) is 0 Å². The third-order valence-electron chi connectivity index (χ3n) is 3.10. The van der Waals surface area contributed by atoms with Crippen molar-refractivity contribution in [1.82, 2.24) is 0 Å². The molecule has 25 heavy (non-hydrogen) atoms. The number of carbonyl (C=O) groups excluding carboxylic acids is 2. The van der Waals surface area contributed by atoms with Gasteiger partial charge in [0.25, 0.3) is 0 Å². The van der Waals surface area contributed by atoms with Gasteiger partial charge in [-0.3, -0.25) is 0 Å². The molecule has 2 rings (SSSR count). The summed E-state index contributed by atoms with van der Waals surface area (Å²) in [7, 11) is 2.45. The molecule has 130 valence electrons. The fraction of sp³-hybridized carbons (Fsp3) is 0.200. The summed E-state index contributed by atoms with van der Waals surface area (Å²) in [6.07, 6.45) is 1.98. The van der Waals surface area contributed by atoms with Crippen LogP contribution in [0.2, 0.25) is 0 Å². The predicted molar refractivity (Wildman–Crippen MR) is 99.2 cm³/mol. The molecule has 0 aliphatic rings. The van der Waals surface area contributed by atoms with Crippen molar-refractivity contribution in [2.75, 3.05) is 14.2 Å². The Morgan fingerprint density at radius 2 is 1.12 bits per heavy atom. The topological polar surface area (TPSA) is 52.6 Å². The van der Waals surface area contributed by atoms with Crippen molar-refractivity contribution in [3.8, 4) is 0 Å². The van der Waals surface area contributed by atoms with E-state index in [9.17, 15) is 9.59 Å². The van der Waals surface area contributed by atoms with Gasteiger partial charge in [-0.25, -0.2) is 9.59 Å². The number of esters is 2. The molecule has 0 fully saturated rings. The Hall–Kier alpha value is -2.08. The molecule has 0 spiro atoms. The molecule has 0 N–H and O–H groups in total. The van der Waals surface area contributed by atoms with E-state index in [4.69, 9.17) is 0 Å². The predicted octanol–water partition coefficient (Wildman–Crippen LogP) is 2.98. The van der Waals surface area contributed by atoms with E-state index in [0.29, 0.717) is 0 Å². The molecule has 0 aromatic heterocycles. The minimum absolute atomic E-state index is 0.258. The van der Waals surface area contributed by atoms with Crippen LogP contribution in [0.4, 0.5) is 0 Å². The van der Waals surface area contributed by atoms with Gasteiger partial charge in [0.05, 0.1) is 14.2 Å². The summed E-state index contributed by atoms with van der Waals surface area (Å²) < 4.78 is 11.1. The van der Waals surface area contributed by atoms with E-state index >= 15 is 0 Å². The van der Waals surface area contributed by atoms with Gasteiger partial charge in [-0.15, -0.1) is 0 Å². The summed E-state index contributed by atoms with van der Waals surface area (Å²) >= 11 is -0.258. The first-order chi connectivity index (χ1) is 12.2. The molecule has 0 bridgehead atoms. The summed E-state index contributed by atoms with van der Waals surface area (Å²) in [5.74, 6) is -1.16. The molecule has 0 atom stereocenters. The van der Waals surface area contributed by atoms with Crippen LogP contribution in [-0.2, 0) is 27.9 Å². The monoisotopic (exact) mass is 446 g/mol.